The number of ether oxygens (including phenoxy) is 2. The number of rotatable bonds is 10. The van der Waals surface area contributed by atoms with Crippen LogP contribution < -0.4 is 21.0 Å². The standard InChI is InChI=1S/C26H33N4O8PS/c1-15(2)36-23(32)16(3)29-39(40,38-19-11-7-9-17-8-5-6-10-18(17)19)35-14-20-22(31)26(4,34)24(37-20)30-13-12-21(27)28-25(30)33/h5-13,15-16,20,22,24,31,34H,14H2,1-4H3,(H,29,40)(H2,27,28,33)/t16-,20+,22+,24+,26+,39?/m0/s1. The van der Waals surface area contributed by atoms with Crippen molar-refractivity contribution in [3.05, 3.63) is 65.2 Å². The summed E-state index contributed by atoms with van der Waals surface area (Å²) < 4.78 is 24.5. The van der Waals surface area contributed by atoms with Crippen molar-refractivity contribution >= 4 is 41.0 Å². The molecular weight excluding hydrogens is 559 g/mol. The third-order valence-electron chi connectivity index (χ3n) is 6.29. The topological polar surface area (TPSA) is 167 Å². The molecule has 1 aromatic heterocycles. The van der Waals surface area contributed by atoms with Gasteiger partial charge in [-0.3, -0.25) is 9.36 Å². The summed E-state index contributed by atoms with van der Waals surface area (Å²) in [7, 11) is 0. The van der Waals surface area contributed by atoms with Crippen LogP contribution in [0.25, 0.3) is 10.8 Å². The average Bonchev–Trinajstić information content (AvgIpc) is 3.11. The Morgan fingerprint density at radius 2 is 1.95 bits per heavy atom. The van der Waals surface area contributed by atoms with E-state index in [1.807, 2.05) is 30.3 Å². The third kappa shape index (κ3) is 6.52. The fraction of sp³-hybridized carbons (Fsp3) is 0.423. The number of nitrogen functional groups attached to an aromatic ring is 1. The zero-order valence-electron chi connectivity index (χ0n) is 22.5. The number of carbonyl (C=O) groups is 1. The van der Waals surface area contributed by atoms with Crippen molar-refractivity contribution in [1.82, 2.24) is 14.6 Å². The summed E-state index contributed by atoms with van der Waals surface area (Å²) in [6.07, 6.45) is -2.92. The number of hydrogen-bond acceptors (Lipinski definition) is 11. The van der Waals surface area contributed by atoms with Crippen molar-refractivity contribution in [2.75, 3.05) is 12.3 Å². The molecule has 0 spiro atoms. The summed E-state index contributed by atoms with van der Waals surface area (Å²) in [6.45, 7) is 2.50. The van der Waals surface area contributed by atoms with E-state index in [0.717, 1.165) is 15.3 Å². The van der Waals surface area contributed by atoms with Gasteiger partial charge in [0, 0.05) is 11.6 Å². The third-order valence-corrected chi connectivity index (χ3v) is 8.78. The molecule has 0 aliphatic carbocycles. The molecule has 216 valence electrons. The molecule has 14 heteroatoms. The summed E-state index contributed by atoms with van der Waals surface area (Å²) in [5.41, 5.74) is 2.92. The lowest BCUT2D eigenvalue weighted by Crippen LogP contribution is -2.46. The number of benzene rings is 2. The Morgan fingerprint density at radius 1 is 1.25 bits per heavy atom. The van der Waals surface area contributed by atoms with Crippen molar-refractivity contribution < 1.29 is 33.5 Å². The van der Waals surface area contributed by atoms with E-state index in [9.17, 15) is 19.8 Å². The zero-order chi connectivity index (χ0) is 29.2. The van der Waals surface area contributed by atoms with Gasteiger partial charge in [0.15, 0.2) is 6.23 Å². The maximum Gasteiger partial charge on any atom is 0.351 e. The Kier molecular flexibility index (Phi) is 8.96. The van der Waals surface area contributed by atoms with E-state index in [4.69, 9.17) is 36.1 Å². The van der Waals surface area contributed by atoms with Crippen molar-refractivity contribution in [2.45, 2.75) is 63.9 Å². The highest BCUT2D eigenvalue weighted by Crippen LogP contribution is 2.48. The predicted molar refractivity (Wildman–Crippen MR) is 152 cm³/mol. The number of hydrogen-bond donors (Lipinski definition) is 4. The fourth-order valence-corrected chi connectivity index (χ4v) is 6.69. The summed E-state index contributed by atoms with van der Waals surface area (Å²) in [5, 5.41) is 26.6. The summed E-state index contributed by atoms with van der Waals surface area (Å²) in [5.74, 6) is -0.123. The molecule has 1 aliphatic heterocycles. The molecule has 5 N–H and O–H groups in total. The van der Waals surface area contributed by atoms with Gasteiger partial charge in [-0.05, 0) is 57.0 Å². The Hall–Kier alpha value is -2.90. The molecule has 0 bridgehead atoms. The Bertz CT molecular complexity index is 1480. The van der Waals surface area contributed by atoms with Crippen LogP contribution in [0.3, 0.4) is 0 Å². The van der Waals surface area contributed by atoms with Crippen molar-refractivity contribution in [2.24, 2.45) is 0 Å². The van der Waals surface area contributed by atoms with E-state index in [0.29, 0.717) is 5.75 Å². The van der Waals surface area contributed by atoms with Crippen LogP contribution in [-0.4, -0.2) is 62.3 Å². The lowest BCUT2D eigenvalue weighted by Gasteiger charge is -2.29. The van der Waals surface area contributed by atoms with E-state index in [1.165, 1.54) is 19.2 Å². The SMILES string of the molecule is CC(C)OC(=O)[C@H](C)NP(=S)(OC[C@H]1O[C@@H](n2ccc(N)nc2=O)[C@](C)(O)[C@@H]1O)Oc1cccc2ccccc12. The van der Waals surface area contributed by atoms with Gasteiger partial charge in [0.05, 0.1) is 12.7 Å². The van der Waals surface area contributed by atoms with Gasteiger partial charge >= 0.3 is 18.3 Å². The molecule has 1 aliphatic rings. The first-order valence-electron chi connectivity index (χ1n) is 12.6. The molecule has 2 heterocycles. The van der Waals surface area contributed by atoms with E-state index in [1.54, 1.807) is 32.9 Å². The number of aliphatic hydroxyl groups excluding tert-OH is 1. The molecule has 4 rings (SSSR count). The first-order valence-corrected chi connectivity index (χ1v) is 15.3. The van der Waals surface area contributed by atoms with E-state index in [2.05, 4.69) is 10.1 Å². The molecule has 40 heavy (non-hydrogen) atoms. The number of nitrogens with one attached hydrogen (secondary N) is 1. The van der Waals surface area contributed by atoms with Crippen molar-refractivity contribution in [3.63, 3.8) is 0 Å². The van der Waals surface area contributed by atoms with Gasteiger partial charge in [0.25, 0.3) is 0 Å². The van der Waals surface area contributed by atoms with Crippen LogP contribution in [0.5, 0.6) is 5.75 Å². The van der Waals surface area contributed by atoms with E-state index < -0.39 is 48.4 Å². The molecule has 0 saturated carbocycles. The highest BCUT2D eigenvalue weighted by Gasteiger charge is 2.54. The number of nitrogens with two attached hydrogens (primary N) is 1. The predicted octanol–water partition coefficient (Wildman–Crippen LogP) is 2.24. The average molecular weight is 593 g/mol. The number of aliphatic hydroxyl groups is 2. The number of fused-ring (bicyclic) bond motifs is 1. The Morgan fingerprint density at radius 3 is 2.65 bits per heavy atom. The van der Waals surface area contributed by atoms with Crippen LogP contribution >= 0.6 is 6.64 Å². The fourth-order valence-electron chi connectivity index (χ4n) is 4.27. The molecule has 1 fully saturated rings. The number of aromatic nitrogens is 2. The quantitative estimate of drug-likeness (QED) is 0.201. The van der Waals surface area contributed by atoms with Gasteiger partial charge in [-0.1, -0.05) is 36.4 Å². The molecule has 12 nitrogen and oxygen atoms in total. The lowest BCUT2D eigenvalue weighted by molar-refractivity contribution is -0.149. The zero-order valence-corrected chi connectivity index (χ0v) is 24.2. The van der Waals surface area contributed by atoms with Gasteiger partial charge in [-0.2, -0.15) is 4.98 Å². The van der Waals surface area contributed by atoms with Crippen LogP contribution in [-0.2, 0) is 30.6 Å². The minimum atomic E-state index is -3.52. The van der Waals surface area contributed by atoms with Crippen LogP contribution in [0.15, 0.2) is 59.5 Å². The number of esters is 1. The van der Waals surface area contributed by atoms with Crippen LogP contribution in [0.4, 0.5) is 5.82 Å². The second-order valence-electron chi connectivity index (χ2n) is 9.94. The summed E-state index contributed by atoms with van der Waals surface area (Å²) in [4.78, 5) is 28.6. The molecule has 1 saturated heterocycles. The monoisotopic (exact) mass is 592 g/mol. The maximum absolute atomic E-state index is 12.6. The molecule has 1 unspecified atom stereocenters. The minimum absolute atomic E-state index is 0.00165. The van der Waals surface area contributed by atoms with Gasteiger partial charge in [0.2, 0.25) is 0 Å². The minimum Gasteiger partial charge on any atom is -0.462 e. The molecular formula is C26H33N4O8PS. The van der Waals surface area contributed by atoms with Crippen molar-refractivity contribution in [3.8, 4) is 5.75 Å². The summed E-state index contributed by atoms with van der Waals surface area (Å²) >= 11 is 5.81. The van der Waals surface area contributed by atoms with E-state index >= 15 is 0 Å². The van der Waals surface area contributed by atoms with Crippen molar-refractivity contribution in [1.29, 1.82) is 0 Å². The van der Waals surface area contributed by atoms with Gasteiger partial charge < -0.3 is 34.5 Å². The van der Waals surface area contributed by atoms with Crippen LogP contribution in [0.2, 0.25) is 0 Å². The largest absolute Gasteiger partial charge is 0.462 e. The molecule has 0 amide bonds. The van der Waals surface area contributed by atoms with Gasteiger partial charge in [0.1, 0.15) is 35.4 Å². The first kappa shape index (κ1) is 30.1. The maximum atomic E-state index is 12.6. The van der Waals surface area contributed by atoms with Gasteiger partial charge in [-0.25, -0.2) is 9.88 Å². The highest BCUT2D eigenvalue weighted by atomic mass is 32.5. The second kappa shape index (κ2) is 11.9. The number of anilines is 1. The normalized spacial score (nSPS) is 25.0. The molecule has 0 radical (unpaired) electrons. The van der Waals surface area contributed by atoms with E-state index in [-0.39, 0.29) is 18.5 Å². The first-order chi connectivity index (χ1) is 18.8. The lowest BCUT2D eigenvalue weighted by atomic mass is 9.96. The molecule has 3 aromatic rings. The highest BCUT2D eigenvalue weighted by molar-refractivity contribution is 8.09. The smallest absolute Gasteiger partial charge is 0.351 e. The molecule has 2 aromatic carbocycles. The number of nitrogens with zero attached hydrogens (tertiary/aromatic N) is 2. The Labute approximate surface area is 236 Å². The van der Waals surface area contributed by atoms with Crippen LogP contribution in [0, 0.1) is 0 Å². The molecule has 6 atom stereocenters. The number of carbonyl (C=O) groups excluding carboxylic acids is 1. The Balaban J connectivity index is 1.59. The van der Waals surface area contributed by atoms with Crippen LogP contribution in [0.1, 0.15) is 33.9 Å². The summed E-state index contributed by atoms with van der Waals surface area (Å²) in [6, 6.07) is 13.5. The second-order valence-corrected chi connectivity index (χ2v) is 13.1. The van der Waals surface area contributed by atoms with Gasteiger partial charge in [-0.15, -0.1) is 0 Å².